The highest BCUT2D eigenvalue weighted by atomic mass is 16.5. The van der Waals surface area contributed by atoms with Gasteiger partial charge in [-0.3, -0.25) is 4.79 Å². The Bertz CT molecular complexity index is 843. The van der Waals surface area contributed by atoms with Crippen LogP contribution < -0.4 is 0 Å². The van der Waals surface area contributed by atoms with Crippen LogP contribution in [0.4, 0.5) is 0 Å². The van der Waals surface area contributed by atoms with Gasteiger partial charge in [0.2, 0.25) is 0 Å². The van der Waals surface area contributed by atoms with Crippen LogP contribution in [0.5, 0.6) is 0 Å². The highest BCUT2D eigenvalue weighted by Gasteiger charge is 2.59. The van der Waals surface area contributed by atoms with Crippen molar-refractivity contribution in [2.45, 2.75) is 110 Å². The molecule has 12 unspecified atom stereocenters. The van der Waals surface area contributed by atoms with E-state index in [4.69, 9.17) is 4.74 Å². The van der Waals surface area contributed by atoms with E-state index in [1.165, 1.54) is 26.2 Å². The molecule has 35 heavy (non-hydrogen) atoms. The first kappa shape index (κ1) is 25.7. The highest BCUT2D eigenvalue weighted by molar-refractivity contribution is 5.66. The van der Waals surface area contributed by atoms with E-state index in [-0.39, 0.29) is 41.7 Å². The Morgan fingerprint density at radius 1 is 1.11 bits per heavy atom. The number of allylic oxidation sites excluding steroid dienone is 2. The lowest BCUT2D eigenvalue weighted by atomic mass is 9.51. The number of rotatable bonds is 3. The van der Waals surface area contributed by atoms with Crippen LogP contribution in [-0.2, 0) is 9.53 Å². The molecule has 5 nitrogen and oxygen atoms in total. The molecule has 0 aromatic heterocycles. The number of aliphatic hydroxyl groups is 2. The molecule has 3 saturated carbocycles. The number of hydrogen-bond donors (Lipinski definition) is 2. The smallest absolute Gasteiger partial charge is 0.302 e. The summed E-state index contributed by atoms with van der Waals surface area (Å²) >= 11 is 0. The Morgan fingerprint density at radius 3 is 2.54 bits per heavy atom. The van der Waals surface area contributed by atoms with Gasteiger partial charge in [0.15, 0.2) is 0 Å². The summed E-state index contributed by atoms with van der Waals surface area (Å²) in [6.45, 7) is 12.0. The molecule has 0 aromatic carbocycles. The molecule has 4 aliphatic carbocycles. The molecule has 1 aliphatic heterocycles. The Hall–Kier alpha value is -0.910. The van der Waals surface area contributed by atoms with Crippen molar-refractivity contribution in [3.63, 3.8) is 0 Å². The summed E-state index contributed by atoms with van der Waals surface area (Å²) in [5, 5.41) is 22.3. The van der Waals surface area contributed by atoms with Gasteiger partial charge in [-0.1, -0.05) is 31.9 Å². The van der Waals surface area contributed by atoms with Crippen molar-refractivity contribution in [2.24, 2.45) is 46.8 Å². The Morgan fingerprint density at radius 2 is 1.86 bits per heavy atom. The lowest BCUT2D eigenvalue weighted by Gasteiger charge is -2.55. The number of nitrogens with zero attached hydrogens (tertiary/aromatic N) is 1. The fourth-order valence-electron chi connectivity index (χ4n) is 10.1. The lowest BCUT2D eigenvalue weighted by molar-refractivity contribution is -0.163. The molecule has 0 bridgehead atoms. The number of likely N-dealkylation sites (N-methyl/N-ethyl adjacent to an activating group) is 1. The average Bonchev–Trinajstić information content (AvgIpc) is 3.14. The minimum Gasteiger partial charge on any atom is -0.463 e. The summed E-state index contributed by atoms with van der Waals surface area (Å²) in [4.78, 5) is 14.0. The molecule has 12 atom stereocenters. The number of carbonyl (C=O) groups is 1. The summed E-state index contributed by atoms with van der Waals surface area (Å²) in [7, 11) is 2.20. The Balaban J connectivity index is 1.37. The van der Waals surface area contributed by atoms with E-state index in [2.05, 4.69) is 39.6 Å². The zero-order valence-electron chi connectivity index (χ0n) is 22.9. The molecule has 198 valence electrons. The van der Waals surface area contributed by atoms with Gasteiger partial charge in [0.1, 0.15) is 6.10 Å². The third kappa shape index (κ3) is 4.32. The summed E-state index contributed by atoms with van der Waals surface area (Å²) in [5.74, 6) is 3.42. The summed E-state index contributed by atoms with van der Waals surface area (Å²) in [6, 6.07) is 0.243. The highest BCUT2D eigenvalue weighted by Crippen LogP contribution is 2.65. The van der Waals surface area contributed by atoms with E-state index in [9.17, 15) is 15.0 Å². The number of esters is 1. The van der Waals surface area contributed by atoms with Crippen molar-refractivity contribution in [3.8, 4) is 0 Å². The van der Waals surface area contributed by atoms with Crippen LogP contribution in [0.15, 0.2) is 11.1 Å². The zero-order chi connectivity index (χ0) is 25.2. The van der Waals surface area contributed by atoms with Crippen LogP contribution in [0.2, 0.25) is 0 Å². The van der Waals surface area contributed by atoms with Gasteiger partial charge in [-0.15, -0.1) is 0 Å². The van der Waals surface area contributed by atoms with Crippen molar-refractivity contribution in [2.75, 3.05) is 13.6 Å². The maximum absolute atomic E-state index is 11.6. The van der Waals surface area contributed by atoms with Crippen molar-refractivity contribution in [1.29, 1.82) is 0 Å². The second-order valence-electron chi connectivity index (χ2n) is 13.6. The van der Waals surface area contributed by atoms with Crippen LogP contribution in [0, 0.1) is 46.8 Å². The molecule has 5 aliphatic rings. The fraction of sp³-hybridized carbons (Fsp3) is 0.900. The molecule has 1 heterocycles. The first-order valence-electron chi connectivity index (χ1n) is 14.4. The maximum Gasteiger partial charge on any atom is 0.302 e. The normalized spacial score (nSPS) is 49.1. The van der Waals surface area contributed by atoms with Gasteiger partial charge in [-0.2, -0.15) is 0 Å². The van der Waals surface area contributed by atoms with Gasteiger partial charge < -0.3 is 19.8 Å². The topological polar surface area (TPSA) is 70.0 Å². The predicted octanol–water partition coefficient (Wildman–Crippen LogP) is 4.81. The molecule has 0 radical (unpaired) electrons. The minimum absolute atomic E-state index is 0.0340. The van der Waals surface area contributed by atoms with E-state index >= 15 is 0 Å². The number of ether oxygens (including phenoxy) is 1. The molecule has 2 N–H and O–H groups in total. The van der Waals surface area contributed by atoms with Crippen LogP contribution >= 0.6 is 0 Å². The van der Waals surface area contributed by atoms with Gasteiger partial charge >= 0.3 is 5.97 Å². The van der Waals surface area contributed by atoms with E-state index in [1.54, 1.807) is 11.1 Å². The van der Waals surface area contributed by atoms with Gasteiger partial charge in [0, 0.05) is 19.5 Å². The Kier molecular flexibility index (Phi) is 6.94. The largest absolute Gasteiger partial charge is 0.463 e. The van der Waals surface area contributed by atoms with E-state index < -0.39 is 0 Å². The molecule has 4 fully saturated rings. The van der Waals surface area contributed by atoms with E-state index in [0.717, 1.165) is 38.6 Å². The monoisotopic (exact) mass is 487 g/mol. The number of carbonyl (C=O) groups excluding carboxylic acids is 1. The van der Waals surface area contributed by atoms with E-state index in [1.807, 2.05) is 0 Å². The summed E-state index contributed by atoms with van der Waals surface area (Å²) < 4.78 is 5.59. The van der Waals surface area contributed by atoms with Crippen LogP contribution in [0.3, 0.4) is 0 Å². The second kappa shape index (κ2) is 9.44. The Labute approximate surface area is 212 Å². The average molecular weight is 488 g/mol. The molecule has 0 amide bonds. The third-order valence-corrected chi connectivity index (χ3v) is 11.6. The van der Waals surface area contributed by atoms with Gasteiger partial charge in [0.25, 0.3) is 0 Å². The quantitative estimate of drug-likeness (QED) is 0.442. The molecule has 5 heteroatoms. The number of fused-ring (bicyclic) bond motifs is 5. The maximum atomic E-state index is 11.6. The molecule has 0 aromatic rings. The molecule has 5 rings (SSSR count). The molecule has 0 spiro atoms. The second-order valence-corrected chi connectivity index (χ2v) is 13.6. The van der Waals surface area contributed by atoms with E-state index in [0.29, 0.717) is 35.5 Å². The molecule has 1 saturated heterocycles. The van der Waals surface area contributed by atoms with Gasteiger partial charge in [0.05, 0.1) is 12.2 Å². The van der Waals surface area contributed by atoms with Crippen LogP contribution in [0.25, 0.3) is 0 Å². The summed E-state index contributed by atoms with van der Waals surface area (Å²) in [5.41, 5.74) is 3.42. The van der Waals surface area contributed by atoms with Gasteiger partial charge in [-0.05, 0) is 112 Å². The standard InChI is InChI=1S/C30H49NO4/c1-16-11-28(34)29(31(6)15-16)18(3)21-7-8-22-23(17(21)2)13-25-24(22)14-27(33)26-12-20(35-19(4)32)9-10-30(25,26)5/h16,18,20-22,24-29,33-34H,7-15H2,1-6H3. The zero-order valence-corrected chi connectivity index (χ0v) is 22.9. The number of likely N-dealkylation sites (tertiary alicyclic amines) is 1. The number of aliphatic hydroxyl groups excluding tert-OH is 2. The SMILES string of the molecule is CC(=O)OC1CCC2(C)C(C1)C(O)CC1C3CCC(C(C)C4C(O)CC(C)CN4C)C(C)=C3CC12. The first-order valence-corrected chi connectivity index (χ1v) is 14.4. The predicted molar refractivity (Wildman–Crippen MR) is 138 cm³/mol. The van der Waals surface area contributed by atoms with Crippen LogP contribution in [-0.4, -0.2) is 59.0 Å². The molecular weight excluding hydrogens is 438 g/mol. The van der Waals surface area contributed by atoms with Gasteiger partial charge in [-0.25, -0.2) is 0 Å². The number of piperidine rings is 1. The van der Waals surface area contributed by atoms with Crippen molar-refractivity contribution in [3.05, 3.63) is 11.1 Å². The van der Waals surface area contributed by atoms with Crippen molar-refractivity contribution in [1.82, 2.24) is 4.90 Å². The fourth-order valence-corrected chi connectivity index (χ4v) is 10.1. The summed E-state index contributed by atoms with van der Waals surface area (Å²) in [6.07, 6.45) is 7.67. The first-order chi connectivity index (χ1) is 16.5. The molecular formula is C30H49NO4. The van der Waals surface area contributed by atoms with Crippen LogP contribution in [0.1, 0.15) is 86.0 Å². The van der Waals surface area contributed by atoms with Crippen molar-refractivity contribution >= 4 is 5.97 Å². The van der Waals surface area contributed by atoms with Crippen molar-refractivity contribution < 1.29 is 19.7 Å². The third-order valence-electron chi connectivity index (χ3n) is 11.6. The lowest BCUT2D eigenvalue weighted by Crippen LogP contribution is -2.54. The minimum atomic E-state index is -0.288. The number of hydrogen-bond acceptors (Lipinski definition) is 5.